The molecular weight excluding hydrogens is 462 g/mol. The number of esters is 1. The number of hydrogen-bond donors (Lipinski definition) is 1. The summed E-state index contributed by atoms with van der Waals surface area (Å²) in [4.78, 5) is 17.3. The molecule has 1 aromatic heterocycles. The maximum absolute atomic E-state index is 12.7. The van der Waals surface area contributed by atoms with Crippen LogP contribution < -0.4 is 0 Å². The molecule has 1 heterocycles. The van der Waals surface area contributed by atoms with E-state index in [1.807, 2.05) is 37.3 Å². The zero-order valence-electron chi connectivity index (χ0n) is 21.4. The quantitative estimate of drug-likeness (QED) is 0.255. The molecule has 184 valence electrons. The van der Waals surface area contributed by atoms with E-state index in [1.165, 1.54) is 4.70 Å². The fraction of sp³-hybridized carbons (Fsp3) is 0.500. The fourth-order valence-corrected chi connectivity index (χ4v) is 5.99. The van der Waals surface area contributed by atoms with Gasteiger partial charge < -0.3 is 9.84 Å². The van der Waals surface area contributed by atoms with E-state index in [2.05, 4.69) is 52.6 Å². The largest absolute Gasteiger partial charge is 0.507 e. The number of para-hydroxylation sites is 1. The Morgan fingerprint density at radius 3 is 2.26 bits per heavy atom. The predicted molar refractivity (Wildman–Crippen MR) is 144 cm³/mol. The number of nitrogens with zero attached hydrogens (tertiary/aromatic N) is 1. The minimum atomic E-state index is -0.189. The van der Waals surface area contributed by atoms with E-state index in [0.29, 0.717) is 24.3 Å². The van der Waals surface area contributed by atoms with Crippen LogP contribution in [0.5, 0.6) is 5.75 Å². The highest BCUT2D eigenvalue weighted by Crippen LogP contribution is 2.40. The lowest BCUT2D eigenvalue weighted by Gasteiger charge is -2.28. The summed E-state index contributed by atoms with van der Waals surface area (Å²) >= 11 is 3.32. The van der Waals surface area contributed by atoms with Crippen molar-refractivity contribution in [2.45, 2.75) is 89.0 Å². The van der Waals surface area contributed by atoms with Gasteiger partial charge in [-0.25, -0.2) is 4.98 Å². The maximum atomic E-state index is 12.7. The lowest BCUT2D eigenvalue weighted by molar-refractivity contribution is -0.148. The Bertz CT molecular complexity index is 1070. The maximum Gasteiger partial charge on any atom is 0.306 e. The van der Waals surface area contributed by atoms with E-state index < -0.39 is 0 Å². The van der Waals surface area contributed by atoms with Crippen LogP contribution in [-0.4, -0.2) is 27.9 Å². The third-order valence-corrected chi connectivity index (χ3v) is 8.14. The van der Waals surface area contributed by atoms with Crippen molar-refractivity contribution >= 4 is 39.3 Å². The van der Waals surface area contributed by atoms with Gasteiger partial charge in [0.1, 0.15) is 11.9 Å². The molecule has 0 aliphatic rings. The second-order valence-corrected chi connectivity index (χ2v) is 13.1. The van der Waals surface area contributed by atoms with Crippen molar-refractivity contribution in [3.63, 3.8) is 0 Å². The van der Waals surface area contributed by atoms with Crippen molar-refractivity contribution < 1.29 is 14.6 Å². The Morgan fingerprint density at radius 2 is 1.71 bits per heavy atom. The number of thiazole rings is 1. The molecule has 0 bridgehead atoms. The molecule has 2 aromatic carbocycles. The van der Waals surface area contributed by atoms with E-state index >= 15 is 0 Å². The molecule has 0 amide bonds. The number of aryl methyl sites for hydroxylation is 1. The Morgan fingerprint density at radius 1 is 1.09 bits per heavy atom. The molecule has 4 nitrogen and oxygen atoms in total. The summed E-state index contributed by atoms with van der Waals surface area (Å²) < 4.78 is 7.98. The minimum absolute atomic E-state index is 0.139. The topological polar surface area (TPSA) is 59.4 Å². The van der Waals surface area contributed by atoms with E-state index in [1.54, 1.807) is 23.1 Å². The lowest BCUT2D eigenvalue weighted by atomic mass is 9.78. The van der Waals surface area contributed by atoms with Gasteiger partial charge in [0, 0.05) is 12.2 Å². The van der Waals surface area contributed by atoms with Crippen LogP contribution in [0.2, 0.25) is 0 Å². The second-order valence-electron chi connectivity index (χ2n) is 10.8. The van der Waals surface area contributed by atoms with Gasteiger partial charge in [0.05, 0.1) is 10.2 Å². The Kier molecular flexibility index (Phi) is 8.35. The van der Waals surface area contributed by atoms with Gasteiger partial charge in [-0.15, -0.1) is 11.3 Å². The molecule has 0 saturated carbocycles. The van der Waals surface area contributed by atoms with Gasteiger partial charge >= 0.3 is 5.97 Å². The molecule has 6 heteroatoms. The molecular formula is C28H37NO3S2. The minimum Gasteiger partial charge on any atom is -0.507 e. The fourth-order valence-electron chi connectivity index (χ4n) is 3.79. The molecule has 1 atom stereocenters. The average molecular weight is 500 g/mol. The van der Waals surface area contributed by atoms with Crippen molar-refractivity contribution in [1.29, 1.82) is 0 Å². The van der Waals surface area contributed by atoms with E-state index in [0.717, 1.165) is 33.0 Å². The normalized spacial score (nSPS) is 13.3. The number of aromatic hydroxyl groups is 1. The van der Waals surface area contributed by atoms with Crippen LogP contribution in [0.4, 0.5) is 0 Å². The van der Waals surface area contributed by atoms with E-state index in [-0.39, 0.29) is 22.9 Å². The van der Waals surface area contributed by atoms with Crippen LogP contribution in [0.3, 0.4) is 0 Å². The van der Waals surface area contributed by atoms with Crippen molar-refractivity contribution in [3.8, 4) is 5.75 Å². The summed E-state index contributed by atoms with van der Waals surface area (Å²) in [7, 11) is 0. The zero-order valence-corrected chi connectivity index (χ0v) is 23.0. The summed E-state index contributed by atoms with van der Waals surface area (Å²) in [6.07, 6.45) is 1.54. The van der Waals surface area contributed by atoms with Crippen LogP contribution in [0.15, 0.2) is 40.7 Å². The van der Waals surface area contributed by atoms with Gasteiger partial charge in [0.15, 0.2) is 4.34 Å². The highest BCUT2D eigenvalue weighted by Gasteiger charge is 2.26. The Hall–Kier alpha value is -2.05. The average Bonchev–Trinajstić information content (AvgIpc) is 3.17. The number of thioether (sulfide) groups is 1. The number of carbonyl (C=O) groups excluding carboxylic acids is 1. The zero-order chi connectivity index (χ0) is 25.1. The SMILES string of the molecule is CCC(CSc1nc2ccccc2s1)OC(=O)CCc1cc(C(C)(C)C)c(O)c(C(C)(C)C)c1. The number of rotatable bonds is 8. The van der Waals surface area contributed by atoms with E-state index in [9.17, 15) is 9.90 Å². The summed E-state index contributed by atoms with van der Waals surface area (Å²) in [5.74, 6) is 0.882. The molecule has 0 saturated heterocycles. The number of ether oxygens (including phenoxy) is 1. The van der Waals surface area contributed by atoms with Crippen molar-refractivity contribution in [1.82, 2.24) is 4.98 Å². The molecule has 0 spiro atoms. The van der Waals surface area contributed by atoms with Gasteiger partial charge in [-0.2, -0.15) is 0 Å². The first kappa shape index (κ1) is 26.6. The van der Waals surface area contributed by atoms with Crippen molar-refractivity contribution in [2.75, 3.05) is 5.75 Å². The van der Waals surface area contributed by atoms with Crippen molar-refractivity contribution in [2.24, 2.45) is 0 Å². The van der Waals surface area contributed by atoms with Crippen LogP contribution in [0.1, 0.15) is 78.0 Å². The Labute approximate surface area is 212 Å². The van der Waals surface area contributed by atoms with Gasteiger partial charge in [0.25, 0.3) is 0 Å². The van der Waals surface area contributed by atoms with Gasteiger partial charge in [0.2, 0.25) is 0 Å². The number of benzene rings is 2. The summed E-state index contributed by atoms with van der Waals surface area (Å²) in [6, 6.07) is 12.2. The van der Waals surface area contributed by atoms with Crippen LogP contribution in [0.25, 0.3) is 10.2 Å². The molecule has 3 rings (SSSR count). The van der Waals surface area contributed by atoms with Crippen molar-refractivity contribution in [3.05, 3.63) is 53.1 Å². The van der Waals surface area contributed by atoms with Crippen LogP contribution in [-0.2, 0) is 26.8 Å². The molecule has 0 aliphatic carbocycles. The van der Waals surface area contributed by atoms with Crippen LogP contribution in [0, 0.1) is 0 Å². The highest BCUT2D eigenvalue weighted by atomic mass is 32.2. The molecule has 0 radical (unpaired) electrons. The third kappa shape index (κ3) is 6.76. The van der Waals surface area contributed by atoms with Gasteiger partial charge in [-0.1, -0.05) is 84.5 Å². The number of aromatic nitrogens is 1. The first-order valence-electron chi connectivity index (χ1n) is 11.9. The van der Waals surface area contributed by atoms with Gasteiger partial charge in [-0.05, 0) is 52.5 Å². The second kappa shape index (κ2) is 10.7. The van der Waals surface area contributed by atoms with Crippen LogP contribution >= 0.6 is 23.1 Å². The number of fused-ring (bicyclic) bond motifs is 1. The summed E-state index contributed by atoms with van der Waals surface area (Å²) in [5, 5.41) is 10.9. The third-order valence-electron chi connectivity index (χ3n) is 5.82. The predicted octanol–water partition coefficient (Wildman–Crippen LogP) is 7.64. The highest BCUT2D eigenvalue weighted by molar-refractivity contribution is 8.01. The molecule has 0 aliphatic heterocycles. The smallest absolute Gasteiger partial charge is 0.306 e. The molecule has 1 unspecified atom stereocenters. The molecule has 1 N–H and O–H groups in total. The lowest BCUT2D eigenvalue weighted by Crippen LogP contribution is -2.20. The molecule has 34 heavy (non-hydrogen) atoms. The first-order valence-corrected chi connectivity index (χ1v) is 13.7. The summed E-state index contributed by atoms with van der Waals surface area (Å²) in [6.45, 7) is 14.6. The first-order chi connectivity index (χ1) is 15.9. The van der Waals surface area contributed by atoms with Gasteiger partial charge in [-0.3, -0.25) is 4.79 Å². The standard InChI is InChI=1S/C28H37NO3S2/c1-8-19(17-33-26-29-22-11-9-10-12-23(22)34-26)32-24(30)14-13-18-15-20(27(2,3)4)25(31)21(16-18)28(5,6)7/h9-12,15-16,19,31H,8,13-14,17H2,1-7H3. The number of phenols is 1. The Balaban J connectivity index is 1.62. The monoisotopic (exact) mass is 499 g/mol. The number of phenolic OH excluding ortho intramolecular Hbond substituents is 1. The summed E-state index contributed by atoms with van der Waals surface area (Å²) in [5.41, 5.74) is 3.53. The number of carbonyl (C=O) groups is 1. The molecule has 3 aromatic rings. The molecule has 0 fully saturated rings. The van der Waals surface area contributed by atoms with E-state index in [4.69, 9.17) is 4.74 Å². The number of hydrogen-bond acceptors (Lipinski definition) is 6.